The predicted molar refractivity (Wildman–Crippen MR) is 68.4 cm³/mol. The van der Waals surface area contributed by atoms with Crippen molar-refractivity contribution in [1.29, 1.82) is 0 Å². The first-order valence-corrected chi connectivity index (χ1v) is 7.46. The van der Waals surface area contributed by atoms with Crippen molar-refractivity contribution in [2.75, 3.05) is 6.54 Å². The van der Waals surface area contributed by atoms with E-state index in [0.717, 1.165) is 23.7 Å². The minimum Gasteiger partial charge on any atom is -0.311 e. The van der Waals surface area contributed by atoms with Crippen molar-refractivity contribution < 1.29 is 0 Å². The summed E-state index contributed by atoms with van der Waals surface area (Å²) in [7, 11) is 0. The lowest BCUT2D eigenvalue weighted by atomic mass is 9.66. The second-order valence-electron chi connectivity index (χ2n) is 6.96. The van der Waals surface area contributed by atoms with Crippen LogP contribution in [0.2, 0.25) is 0 Å². The maximum atomic E-state index is 3.94. The molecule has 1 nitrogen and oxygen atoms in total. The quantitative estimate of drug-likeness (QED) is 0.751. The third-order valence-corrected chi connectivity index (χ3v) is 5.43. The molecule has 3 unspecified atom stereocenters. The lowest BCUT2D eigenvalue weighted by molar-refractivity contribution is 0.103. The van der Waals surface area contributed by atoms with Crippen LogP contribution in [0.3, 0.4) is 0 Å². The van der Waals surface area contributed by atoms with Crippen LogP contribution in [0.5, 0.6) is 0 Å². The van der Waals surface area contributed by atoms with Gasteiger partial charge in [-0.15, -0.1) is 0 Å². The van der Waals surface area contributed by atoms with E-state index in [1.54, 1.807) is 0 Å². The largest absolute Gasteiger partial charge is 0.311 e. The van der Waals surface area contributed by atoms with Crippen LogP contribution in [-0.4, -0.2) is 12.1 Å². The highest BCUT2D eigenvalue weighted by Gasteiger charge is 2.52. The van der Waals surface area contributed by atoms with Gasteiger partial charge < -0.3 is 5.32 Å². The average Bonchev–Trinajstić information content (AvgIpc) is 2.96. The van der Waals surface area contributed by atoms with Crippen molar-refractivity contribution in [1.82, 2.24) is 5.32 Å². The molecule has 0 amide bonds. The topological polar surface area (TPSA) is 12.0 Å². The van der Waals surface area contributed by atoms with Gasteiger partial charge in [-0.25, -0.2) is 0 Å². The van der Waals surface area contributed by atoms with Gasteiger partial charge >= 0.3 is 0 Å². The molecule has 0 aromatic heterocycles. The second-order valence-corrected chi connectivity index (χ2v) is 6.96. The molecule has 0 bridgehead atoms. The highest BCUT2D eigenvalue weighted by atomic mass is 15.0. The molecule has 0 aromatic carbocycles. The molecule has 92 valence electrons. The summed E-state index contributed by atoms with van der Waals surface area (Å²) >= 11 is 0. The molecular formula is C15H27N. The van der Waals surface area contributed by atoms with E-state index in [4.69, 9.17) is 0 Å². The minimum atomic E-state index is 0.586. The Bertz CT molecular complexity index is 240. The second kappa shape index (κ2) is 4.01. The predicted octanol–water partition coefficient (Wildman–Crippen LogP) is 3.59. The Kier molecular flexibility index (Phi) is 2.78. The van der Waals surface area contributed by atoms with Crippen LogP contribution in [0.15, 0.2) is 0 Å². The number of hydrogen-bond donors (Lipinski definition) is 1. The molecule has 3 atom stereocenters. The van der Waals surface area contributed by atoms with Crippen LogP contribution in [0.1, 0.15) is 58.8 Å². The van der Waals surface area contributed by atoms with Gasteiger partial charge in [0.2, 0.25) is 0 Å². The first-order chi connectivity index (χ1) is 7.71. The van der Waals surface area contributed by atoms with E-state index in [2.05, 4.69) is 19.2 Å². The Hall–Kier alpha value is -0.0400. The van der Waals surface area contributed by atoms with Gasteiger partial charge in [0.1, 0.15) is 0 Å². The summed E-state index contributed by atoms with van der Waals surface area (Å²) < 4.78 is 0. The van der Waals surface area contributed by atoms with Gasteiger partial charge in [0.15, 0.2) is 0 Å². The van der Waals surface area contributed by atoms with E-state index >= 15 is 0 Å². The lowest BCUT2D eigenvalue weighted by Crippen LogP contribution is -2.51. The van der Waals surface area contributed by atoms with Crippen LogP contribution < -0.4 is 5.32 Å². The highest BCUT2D eigenvalue weighted by Crippen LogP contribution is 2.52. The summed E-state index contributed by atoms with van der Waals surface area (Å²) in [6.45, 7) is 6.23. The third kappa shape index (κ3) is 1.81. The van der Waals surface area contributed by atoms with Gasteiger partial charge in [-0.1, -0.05) is 13.8 Å². The van der Waals surface area contributed by atoms with E-state index in [9.17, 15) is 0 Å². The standard InChI is InChI=1S/C15H27N/c1-11-8-12(2)10-14(9-11)15(13-4-5-13)6-3-7-16-15/h11-14,16H,3-10H2,1-2H3. The lowest BCUT2D eigenvalue weighted by Gasteiger charge is -2.44. The summed E-state index contributed by atoms with van der Waals surface area (Å²) in [6.07, 6.45) is 10.4. The molecule has 1 saturated heterocycles. The van der Waals surface area contributed by atoms with Crippen molar-refractivity contribution in [2.24, 2.45) is 23.7 Å². The van der Waals surface area contributed by atoms with Gasteiger partial charge in [-0.2, -0.15) is 0 Å². The Morgan fingerprint density at radius 2 is 1.62 bits per heavy atom. The molecule has 3 aliphatic rings. The molecule has 1 N–H and O–H groups in total. The van der Waals surface area contributed by atoms with E-state index in [-0.39, 0.29) is 0 Å². The van der Waals surface area contributed by atoms with E-state index < -0.39 is 0 Å². The monoisotopic (exact) mass is 221 g/mol. The fourth-order valence-electron chi connectivity index (χ4n) is 4.79. The minimum absolute atomic E-state index is 0.586. The van der Waals surface area contributed by atoms with Crippen LogP contribution in [-0.2, 0) is 0 Å². The first kappa shape index (κ1) is 11.1. The number of nitrogens with one attached hydrogen (secondary N) is 1. The summed E-state index contributed by atoms with van der Waals surface area (Å²) in [5.41, 5.74) is 0.586. The molecule has 2 saturated carbocycles. The molecule has 0 spiro atoms. The summed E-state index contributed by atoms with van der Waals surface area (Å²) in [5, 5.41) is 3.94. The third-order valence-electron chi connectivity index (χ3n) is 5.43. The van der Waals surface area contributed by atoms with Gasteiger partial charge in [0.25, 0.3) is 0 Å². The molecule has 2 aliphatic carbocycles. The summed E-state index contributed by atoms with van der Waals surface area (Å²) in [4.78, 5) is 0. The van der Waals surface area contributed by atoms with Gasteiger partial charge in [0, 0.05) is 5.54 Å². The van der Waals surface area contributed by atoms with Crippen LogP contribution in [0, 0.1) is 23.7 Å². The van der Waals surface area contributed by atoms with E-state index in [0.29, 0.717) is 5.54 Å². The molecule has 1 heterocycles. The zero-order valence-corrected chi connectivity index (χ0v) is 11.0. The molecule has 0 aromatic rings. The van der Waals surface area contributed by atoms with Crippen molar-refractivity contribution in [2.45, 2.75) is 64.3 Å². The van der Waals surface area contributed by atoms with E-state index in [1.165, 1.54) is 51.5 Å². The fourth-order valence-corrected chi connectivity index (χ4v) is 4.79. The van der Waals surface area contributed by atoms with Crippen molar-refractivity contribution in [3.63, 3.8) is 0 Å². The van der Waals surface area contributed by atoms with Gasteiger partial charge in [-0.05, 0) is 75.2 Å². The Morgan fingerprint density at radius 3 is 2.12 bits per heavy atom. The smallest absolute Gasteiger partial charge is 0.0238 e. The van der Waals surface area contributed by atoms with Crippen LogP contribution in [0.25, 0.3) is 0 Å². The van der Waals surface area contributed by atoms with Crippen LogP contribution >= 0.6 is 0 Å². The maximum absolute atomic E-state index is 3.94. The zero-order chi connectivity index (χ0) is 11.2. The summed E-state index contributed by atoms with van der Waals surface area (Å²) in [6, 6.07) is 0. The molecule has 0 radical (unpaired) electrons. The number of rotatable bonds is 2. The summed E-state index contributed by atoms with van der Waals surface area (Å²) in [5.74, 6) is 3.96. The maximum Gasteiger partial charge on any atom is 0.0238 e. The normalized spacial score (nSPS) is 49.5. The molecule has 3 fully saturated rings. The fraction of sp³-hybridized carbons (Fsp3) is 1.00. The Balaban J connectivity index is 1.77. The Morgan fingerprint density at radius 1 is 0.938 bits per heavy atom. The van der Waals surface area contributed by atoms with Crippen molar-refractivity contribution in [3.8, 4) is 0 Å². The van der Waals surface area contributed by atoms with Crippen LogP contribution in [0.4, 0.5) is 0 Å². The molecule has 16 heavy (non-hydrogen) atoms. The van der Waals surface area contributed by atoms with Crippen molar-refractivity contribution in [3.05, 3.63) is 0 Å². The highest BCUT2D eigenvalue weighted by molar-refractivity contribution is 5.08. The molecule has 1 heteroatoms. The average molecular weight is 221 g/mol. The Labute approximate surface area is 100 Å². The molecule has 3 rings (SSSR count). The SMILES string of the molecule is CC1CC(C)CC(C2(C3CC3)CCCN2)C1. The van der Waals surface area contributed by atoms with Crippen molar-refractivity contribution >= 4 is 0 Å². The van der Waals surface area contributed by atoms with Gasteiger partial charge in [0.05, 0.1) is 0 Å². The van der Waals surface area contributed by atoms with Gasteiger partial charge in [-0.3, -0.25) is 0 Å². The zero-order valence-electron chi connectivity index (χ0n) is 11.0. The molecular weight excluding hydrogens is 194 g/mol. The number of hydrogen-bond acceptors (Lipinski definition) is 1. The first-order valence-electron chi connectivity index (χ1n) is 7.46. The molecule has 1 aliphatic heterocycles. The van der Waals surface area contributed by atoms with E-state index in [1.807, 2.05) is 0 Å².